The lowest BCUT2D eigenvalue weighted by molar-refractivity contribution is 0.102. The van der Waals surface area contributed by atoms with E-state index >= 15 is 0 Å². The Morgan fingerprint density at radius 1 is 0.963 bits per heavy atom. The monoisotopic (exact) mass is 401 g/mol. The molecule has 0 aromatic heterocycles. The van der Waals surface area contributed by atoms with Crippen molar-refractivity contribution in [2.24, 2.45) is 0 Å². The van der Waals surface area contributed by atoms with E-state index in [4.69, 9.17) is 16.3 Å². The first-order valence-electron chi connectivity index (χ1n) is 7.97. The van der Waals surface area contributed by atoms with E-state index in [9.17, 15) is 13.2 Å². The first kappa shape index (κ1) is 18.9. The summed E-state index contributed by atoms with van der Waals surface area (Å²) in [5, 5.41) is 3.22. The summed E-state index contributed by atoms with van der Waals surface area (Å²) < 4.78 is 28.9. The molecule has 0 atom stereocenters. The Bertz CT molecular complexity index is 1080. The van der Waals surface area contributed by atoms with Gasteiger partial charge in [-0.05, 0) is 54.6 Å². The minimum absolute atomic E-state index is 0.0960. The van der Waals surface area contributed by atoms with Crippen LogP contribution in [0.4, 0.5) is 5.69 Å². The van der Waals surface area contributed by atoms with E-state index in [0.717, 1.165) is 6.26 Å². The highest BCUT2D eigenvalue weighted by atomic mass is 35.5. The topological polar surface area (TPSA) is 72.5 Å². The molecular formula is C20H16ClNO4S. The Kier molecular flexibility index (Phi) is 5.48. The van der Waals surface area contributed by atoms with Crippen LogP contribution in [0.5, 0.6) is 11.5 Å². The van der Waals surface area contributed by atoms with E-state index in [0.29, 0.717) is 22.2 Å². The number of carbonyl (C=O) groups is 1. The van der Waals surface area contributed by atoms with Crippen LogP contribution >= 0.6 is 11.6 Å². The molecule has 3 aromatic rings. The smallest absolute Gasteiger partial charge is 0.255 e. The molecule has 0 unspecified atom stereocenters. The van der Waals surface area contributed by atoms with Crippen LogP contribution in [0.15, 0.2) is 77.7 Å². The summed E-state index contributed by atoms with van der Waals surface area (Å²) in [6.07, 6.45) is 1.10. The van der Waals surface area contributed by atoms with Crippen LogP contribution in [-0.4, -0.2) is 20.6 Å². The van der Waals surface area contributed by atoms with Gasteiger partial charge >= 0.3 is 0 Å². The Labute approximate surface area is 162 Å². The lowest BCUT2D eigenvalue weighted by Gasteiger charge is -2.09. The summed E-state index contributed by atoms with van der Waals surface area (Å²) in [6, 6.07) is 19.8. The molecule has 0 saturated carbocycles. The van der Waals surface area contributed by atoms with Crippen molar-refractivity contribution in [3.8, 4) is 11.5 Å². The van der Waals surface area contributed by atoms with Crippen molar-refractivity contribution >= 4 is 33.0 Å². The second-order valence-corrected chi connectivity index (χ2v) is 8.23. The number of ether oxygens (including phenoxy) is 1. The number of nitrogens with one attached hydrogen (secondary N) is 1. The van der Waals surface area contributed by atoms with Crippen molar-refractivity contribution in [3.63, 3.8) is 0 Å². The van der Waals surface area contributed by atoms with Crippen LogP contribution in [0.3, 0.4) is 0 Å². The van der Waals surface area contributed by atoms with E-state index in [-0.39, 0.29) is 10.5 Å². The largest absolute Gasteiger partial charge is 0.456 e. The van der Waals surface area contributed by atoms with Crippen LogP contribution < -0.4 is 10.1 Å². The highest BCUT2D eigenvalue weighted by Gasteiger charge is 2.12. The fourth-order valence-electron chi connectivity index (χ4n) is 2.33. The zero-order valence-corrected chi connectivity index (χ0v) is 15.9. The van der Waals surface area contributed by atoms with Gasteiger partial charge in [-0.1, -0.05) is 29.8 Å². The minimum Gasteiger partial charge on any atom is -0.456 e. The predicted molar refractivity (Wildman–Crippen MR) is 105 cm³/mol. The molecule has 5 nitrogen and oxygen atoms in total. The van der Waals surface area contributed by atoms with Crippen molar-refractivity contribution in [1.29, 1.82) is 0 Å². The predicted octanol–water partition coefficient (Wildman–Crippen LogP) is 4.79. The third kappa shape index (κ3) is 4.87. The van der Waals surface area contributed by atoms with Crippen molar-refractivity contribution in [2.45, 2.75) is 4.90 Å². The maximum atomic E-state index is 12.4. The van der Waals surface area contributed by atoms with Gasteiger partial charge < -0.3 is 10.1 Å². The summed E-state index contributed by atoms with van der Waals surface area (Å²) in [7, 11) is -3.38. The maximum absolute atomic E-state index is 12.4. The molecule has 1 N–H and O–H groups in total. The lowest BCUT2D eigenvalue weighted by atomic mass is 10.2. The zero-order chi connectivity index (χ0) is 19.4. The number of carbonyl (C=O) groups excluding carboxylic acids is 1. The van der Waals surface area contributed by atoms with Gasteiger partial charge in [0.15, 0.2) is 9.84 Å². The highest BCUT2D eigenvalue weighted by Crippen LogP contribution is 2.29. The Morgan fingerprint density at radius 2 is 1.67 bits per heavy atom. The van der Waals surface area contributed by atoms with Crippen molar-refractivity contribution < 1.29 is 17.9 Å². The van der Waals surface area contributed by atoms with E-state index in [1.54, 1.807) is 42.5 Å². The van der Waals surface area contributed by atoms with Gasteiger partial charge in [0.25, 0.3) is 5.91 Å². The Hall–Kier alpha value is -2.83. The van der Waals surface area contributed by atoms with E-state index in [2.05, 4.69) is 5.32 Å². The molecule has 1 amide bonds. The molecule has 0 aliphatic rings. The molecule has 7 heteroatoms. The van der Waals surface area contributed by atoms with Gasteiger partial charge in [-0.25, -0.2) is 8.42 Å². The van der Waals surface area contributed by atoms with Crippen LogP contribution in [-0.2, 0) is 9.84 Å². The first-order valence-corrected chi connectivity index (χ1v) is 10.2. The van der Waals surface area contributed by atoms with Gasteiger partial charge in [0.05, 0.1) is 9.92 Å². The normalized spacial score (nSPS) is 11.0. The number of amides is 1. The number of benzene rings is 3. The molecule has 0 fully saturated rings. The molecule has 0 radical (unpaired) electrons. The summed E-state index contributed by atoms with van der Waals surface area (Å²) in [5.74, 6) is 0.703. The molecule has 0 heterocycles. The SMILES string of the molecule is CS(=O)(=O)c1cccc(C(=O)Nc2ccc(Oc3ccccc3Cl)cc2)c1. The third-order valence-electron chi connectivity index (χ3n) is 3.70. The standard InChI is InChI=1S/C20H16ClNO4S/c1-27(24,25)17-6-4-5-14(13-17)20(23)22-15-9-11-16(12-10-15)26-19-8-3-2-7-18(19)21/h2-13H,1H3,(H,22,23). The van der Waals surface area contributed by atoms with Gasteiger partial charge in [-0.3, -0.25) is 4.79 Å². The average molecular weight is 402 g/mol. The fraction of sp³-hybridized carbons (Fsp3) is 0.0500. The van der Waals surface area contributed by atoms with Gasteiger partial charge in [0.2, 0.25) is 0 Å². The minimum atomic E-state index is -3.38. The lowest BCUT2D eigenvalue weighted by Crippen LogP contribution is -2.12. The van der Waals surface area contributed by atoms with Gasteiger partial charge in [-0.2, -0.15) is 0 Å². The van der Waals surface area contributed by atoms with Crippen molar-refractivity contribution in [2.75, 3.05) is 11.6 Å². The molecule has 138 valence electrons. The quantitative estimate of drug-likeness (QED) is 0.667. The van der Waals surface area contributed by atoms with E-state index < -0.39 is 15.7 Å². The molecule has 0 bridgehead atoms. The summed E-state index contributed by atoms with van der Waals surface area (Å²) in [6.45, 7) is 0. The molecule has 0 aliphatic carbocycles. The molecular weight excluding hydrogens is 386 g/mol. The third-order valence-corrected chi connectivity index (χ3v) is 5.12. The fourth-order valence-corrected chi connectivity index (χ4v) is 3.17. The summed E-state index contributed by atoms with van der Waals surface area (Å²) in [5.41, 5.74) is 0.811. The Balaban J connectivity index is 1.71. The molecule has 0 spiro atoms. The second-order valence-electron chi connectivity index (χ2n) is 5.81. The highest BCUT2D eigenvalue weighted by molar-refractivity contribution is 7.90. The van der Waals surface area contributed by atoms with Crippen LogP contribution in [0.25, 0.3) is 0 Å². The number of anilines is 1. The zero-order valence-electron chi connectivity index (χ0n) is 14.3. The first-order chi connectivity index (χ1) is 12.8. The van der Waals surface area contributed by atoms with Crippen molar-refractivity contribution in [3.05, 3.63) is 83.4 Å². The van der Waals surface area contributed by atoms with Gasteiger partial charge in [-0.15, -0.1) is 0 Å². The number of rotatable bonds is 5. The van der Waals surface area contributed by atoms with Gasteiger partial charge in [0.1, 0.15) is 11.5 Å². The number of hydrogen-bond donors (Lipinski definition) is 1. The van der Waals surface area contributed by atoms with Crippen LogP contribution in [0.1, 0.15) is 10.4 Å². The number of halogens is 1. The van der Waals surface area contributed by atoms with E-state index in [1.165, 1.54) is 18.2 Å². The summed E-state index contributed by atoms with van der Waals surface area (Å²) >= 11 is 6.06. The number of para-hydroxylation sites is 1. The number of hydrogen-bond acceptors (Lipinski definition) is 4. The van der Waals surface area contributed by atoms with Crippen molar-refractivity contribution in [1.82, 2.24) is 0 Å². The molecule has 3 aromatic carbocycles. The van der Waals surface area contributed by atoms with Gasteiger partial charge in [0, 0.05) is 17.5 Å². The van der Waals surface area contributed by atoms with Crippen LogP contribution in [0, 0.1) is 0 Å². The Morgan fingerprint density at radius 3 is 2.33 bits per heavy atom. The second kappa shape index (κ2) is 7.82. The van der Waals surface area contributed by atoms with E-state index in [1.807, 2.05) is 12.1 Å². The molecule has 0 saturated heterocycles. The average Bonchev–Trinajstić information content (AvgIpc) is 2.64. The molecule has 27 heavy (non-hydrogen) atoms. The maximum Gasteiger partial charge on any atom is 0.255 e. The molecule has 3 rings (SSSR count). The number of sulfone groups is 1. The van der Waals surface area contributed by atoms with Crippen LogP contribution in [0.2, 0.25) is 5.02 Å². The molecule has 0 aliphatic heterocycles. The summed E-state index contributed by atoms with van der Waals surface area (Å²) in [4.78, 5) is 12.5.